The fourth-order valence-corrected chi connectivity index (χ4v) is 1.06. The summed E-state index contributed by atoms with van der Waals surface area (Å²) in [5.74, 6) is -1.05. The van der Waals surface area contributed by atoms with E-state index in [1.165, 1.54) is 12.1 Å². The van der Waals surface area contributed by atoms with Crippen molar-refractivity contribution in [3.8, 4) is 11.5 Å². The van der Waals surface area contributed by atoms with Gasteiger partial charge in [-0.15, -0.1) is 0 Å². The van der Waals surface area contributed by atoms with Crippen molar-refractivity contribution in [1.82, 2.24) is 5.32 Å². The Morgan fingerprint density at radius 2 is 1.94 bits per heavy atom. The predicted octanol–water partition coefficient (Wildman–Crippen LogP) is 0.599. The molecular weight excluding hydrogens is 210 g/mol. The number of carbonyl (C=O) groups is 1. The number of hydrogen-bond acceptors (Lipinski definition) is 4. The minimum atomic E-state index is -0.991. The van der Waals surface area contributed by atoms with Crippen LogP contribution >= 0.6 is 0 Å². The lowest BCUT2D eigenvalue weighted by Gasteiger charge is -2.17. The fourth-order valence-electron chi connectivity index (χ4n) is 1.06. The van der Waals surface area contributed by atoms with Gasteiger partial charge in [0, 0.05) is 12.1 Å². The van der Waals surface area contributed by atoms with Crippen molar-refractivity contribution in [2.75, 3.05) is 6.54 Å². The van der Waals surface area contributed by atoms with Gasteiger partial charge in [-0.2, -0.15) is 0 Å². The molecule has 1 amide bonds. The first-order valence-corrected chi connectivity index (χ1v) is 4.82. The number of carbonyl (C=O) groups excluding carboxylic acids is 1. The molecular formula is C11H15NO4. The van der Waals surface area contributed by atoms with Crippen LogP contribution in [0.5, 0.6) is 11.5 Å². The van der Waals surface area contributed by atoms with Crippen LogP contribution in [-0.4, -0.2) is 33.4 Å². The van der Waals surface area contributed by atoms with Crippen LogP contribution in [0.2, 0.25) is 0 Å². The summed E-state index contributed by atoms with van der Waals surface area (Å²) in [6.07, 6.45) is 0. The van der Waals surface area contributed by atoms with Crippen LogP contribution in [0.4, 0.5) is 0 Å². The summed E-state index contributed by atoms with van der Waals surface area (Å²) in [7, 11) is 0. The smallest absolute Gasteiger partial charge is 0.251 e. The second-order valence-corrected chi connectivity index (χ2v) is 4.20. The van der Waals surface area contributed by atoms with Crippen LogP contribution in [0.1, 0.15) is 24.2 Å². The minimum absolute atomic E-state index is 0.105. The Bertz CT molecular complexity index is 395. The van der Waals surface area contributed by atoms with Gasteiger partial charge < -0.3 is 20.6 Å². The van der Waals surface area contributed by atoms with Gasteiger partial charge in [-0.05, 0) is 32.0 Å². The molecule has 0 aliphatic carbocycles. The van der Waals surface area contributed by atoms with Crippen molar-refractivity contribution >= 4 is 5.91 Å². The maximum atomic E-state index is 11.5. The van der Waals surface area contributed by atoms with Gasteiger partial charge in [0.05, 0.1) is 5.60 Å². The molecule has 5 nitrogen and oxygen atoms in total. The summed E-state index contributed by atoms with van der Waals surface area (Å²) < 4.78 is 0. The first-order valence-electron chi connectivity index (χ1n) is 4.82. The lowest BCUT2D eigenvalue weighted by Crippen LogP contribution is -2.38. The Balaban J connectivity index is 2.70. The second-order valence-electron chi connectivity index (χ2n) is 4.20. The molecule has 4 N–H and O–H groups in total. The van der Waals surface area contributed by atoms with E-state index in [9.17, 15) is 15.0 Å². The first kappa shape index (κ1) is 12.3. The van der Waals surface area contributed by atoms with E-state index in [0.717, 1.165) is 6.07 Å². The minimum Gasteiger partial charge on any atom is -0.504 e. The Morgan fingerprint density at radius 1 is 1.31 bits per heavy atom. The van der Waals surface area contributed by atoms with Gasteiger partial charge in [-0.1, -0.05) is 0 Å². The van der Waals surface area contributed by atoms with E-state index in [-0.39, 0.29) is 23.6 Å². The molecule has 5 heteroatoms. The highest BCUT2D eigenvalue weighted by Crippen LogP contribution is 2.24. The SMILES string of the molecule is CC(C)(O)CNC(=O)c1ccc(O)c(O)c1. The molecule has 0 saturated heterocycles. The number of aliphatic hydroxyl groups is 1. The van der Waals surface area contributed by atoms with Crippen molar-refractivity contribution < 1.29 is 20.1 Å². The number of amides is 1. The highest BCUT2D eigenvalue weighted by Gasteiger charge is 2.15. The molecule has 1 aromatic carbocycles. The number of rotatable bonds is 3. The van der Waals surface area contributed by atoms with Crippen molar-refractivity contribution in [1.29, 1.82) is 0 Å². The quantitative estimate of drug-likeness (QED) is 0.567. The van der Waals surface area contributed by atoms with Gasteiger partial charge in [0.2, 0.25) is 0 Å². The van der Waals surface area contributed by atoms with Gasteiger partial charge >= 0.3 is 0 Å². The molecule has 0 spiro atoms. The maximum absolute atomic E-state index is 11.5. The number of phenolic OH excluding ortho intramolecular Hbond substituents is 2. The molecule has 1 rings (SSSR count). The number of nitrogens with one attached hydrogen (secondary N) is 1. The molecule has 0 unspecified atom stereocenters. The summed E-state index contributed by atoms with van der Waals surface area (Å²) >= 11 is 0. The molecule has 0 aliphatic heterocycles. The third-order valence-electron chi connectivity index (χ3n) is 1.92. The van der Waals surface area contributed by atoms with Crippen molar-refractivity contribution in [2.24, 2.45) is 0 Å². The number of phenols is 2. The van der Waals surface area contributed by atoms with Crippen molar-refractivity contribution in [2.45, 2.75) is 19.4 Å². The van der Waals surface area contributed by atoms with Crippen molar-refractivity contribution in [3.05, 3.63) is 23.8 Å². The lowest BCUT2D eigenvalue weighted by atomic mass is 10.1. The number of hydrogen-bond donors (Lipinski definition) is 4. The highest BCUT2D eigenvalue weighted by atomic mass is 16.3. The average Bonchev–Trinajstić information content (AvgIpc) is 2.17. The summed E-state index contributed by atoms with van der Waals surface area (Å²) in [6, 6.07) is 3.78. The molecule has 16 heavy (non-hydrogen) atoms. The van der Waals surface area contributed by atoms with E-state index in [1.54, 1.807) is 13.8 Å². The Kier molecular flexibility index (Phi) is 3.39. The molecule has 0 heterocycles. The molecule has 1 aromatic rings. The van der Waals surface area contributed by atoms with Gasteiger partial charge in [0.25, 0.3) is 5.91 Å². The summed E-state index contributed by atoms with van der Waals surface area (Å²) in [6.45, 7) is 3.25. The topological polar surface area (TPSA) is 89.8 Å². The molecule has 0 atom stereocenters. The van der Waals surface area contributed by atoms with Crippen LogP contribution in [0.15, 0.2) is 18.2 Å². The molecule has 0 bridgehead atoms. The first-order chi connectivity index (χ1) is 7.29. The van der Waals surface area contributed by atoms with Crippen LogP contribution in [0.25, 0.3) is 0 Å². The van der Waals surface area contributed by atoms with E-state index in [1.807, 2.05) is 0 Å². The monoisotopic (exact) mass is 225 g/mol. The Hall–Kier alpha value is -1.75. The molecule has 0 fully saturated rings. The lowest BCUT2D eigenvalue weighted by molar-refractivity contribution is 0.0694. The average molecular weight is 225 g/mol. The van der Waals surface area contributed by atoms with E-state index >= 15 is 0 Å². The zero-order valence-corrected chi connectivity index (χ0v) is 9.19. The molecule has 0 radical (unpaired) electrons. The summed E-state index contributed by atoms with van der Waals surface area (Å²) in [5, 5.41) is 30.2. The maximum Gasteiger partial charge on any atom is 0.251 e. The van der Waals surface area contributed by atoms with Crippen LogP contribution in [0.3, 0.4) is 0 Å². The zero-order valence-electron chi connectivity index (χ0n) is 9.19. The van der Waals surface area contributed by atoms with Crippen LogP contribution in [0, 0.1) is 0 Å². The third-order valence-corrected chi connectivity index (χ3v) is 1.92. The number of benzene rings is 1. The fraction of sp³-hybridized carbons (Fsp3) is 0.364. The van der Waals surface area contributed by atoms with Crippen LogP contribution < -0.4 is 5.32 Å². The highest BCUT2D eigenvalue weighted by molar-refractivity contribution is 5.94. The molecule has 0 saturated carbocycles. The predicted molar refractivity (Wildman–Crippen MR) is 58.4 cm³/mol. The summed E-state index contributed by atoms with van der Waals surface area (Å²) in [4.78, 5) is 11.5. The van der Waals surface area contributed by atoms with Gasteiger partial charge in [0.1, 0.15) is 0 Å². The molecule has 0 aromatic heterocycles. The van der Waals surface area contributed by atoms with Gasteiger partial charge in [-0.3, -0.25) is 4.79 Å². The second kappa shape index (κ2) is 4.40. The van der Waals surface area contributed by atoms with Crippen LogP contribution in [-0.2, 0) is 0 Å². The van der Waals surface area contributed by atoms with Gasteiger partial charge in [0.15, 0.2) is 11.5 Å². The number of aromatic hydroxyl groups is 2. The van der Waals surface area contributed by atoms with Gasteiger partial charge in [-0.25, -0.2) is 0 Å². The third kappa shape index (κ3) is 3.43. The zero-order chi connectivity index (χ0) is 12.3. The van der Waals surface area contributed by atoms with E-state index in [2.05, 4.69) is 5.32 Å². The summed E-state index contributed by atoms with van der Waals surface area (Å²) in [5.41, 5.74) is -0.770. The largest absolute Gasteiger partial charge is 0.504 e. The molecule has 0 aliphatic rings. The standard InChI is InChI=1S/C11H15NO4/c1-11(2,16)6-12-10(15)7-3-4-8(13)9(14)5-7/h3-5,13-14,16H,6H2,1-2H3,(H,12,15). The normalized spacial score (nSPS) is 11.2. The Morgan fingerprint density at radius 3 is 2.44 bits per heavy atom. The van der Waals surface area contributed by atoms with Crippen molar-refractivity contribution in [3.63, 3.8) is 0 Å². The van der Waals surface area contributed by atoms with E-state index in [4.69, 9.17) is 5.11 Å². The van der Waals surface area contributed by atoms with E-state index in [0.29, 0.717) is 0 Å². The molecule has 88 valence electrons. The Labute approximate surface area is 93.4 Å². The van der Waals surface area contributed by atoms with E-state index < -0.39 is 11.5 Å².